The van der Waals surface area contributed by atoms with Gasteiger partial charge in [0.25, 0.3) is 16.1 Å². The van der Waals surface area contributed by atoms with Crippen molar-refractivity contribution in [3.63, 3.8) is 0 Å². The highest BCUT2D eigenvalue weighted by molar-refractivity contribution is 7.86. The molecule has 3 N–H and O–H groups in total. The second-order valence-corrected chi connectivity index (χ2v) is 21.0. The number of carbonyl (C=O) groups is 5. The van der Waals surface area contributed by atoms with Crippen LogP contribution in [-0.2, 0) is 38.9 Å². The summed E-state index contributed by atoms with van der Waals surface area (Å²) in [7, 11) is 0.631. The van der Waals surface area contributed by atoms with E-state index in [2.05, 4.69) is 19.2 Å². The zero-order chi connectivity index (χ0) is 38.7. The first-order valence-electron chi connectivity index (χ1n) is 18.4. The van der Waals surface area contributed by atoms with E-state index in [0.29, 0.717) is 32.6 Å². The molecule has 5 atom stereocenters. The summed E-state index contributed by atoms with van der Waals surface area (Å²) in [5.41, 5.74) is 3.51. The second kappa shape index (κ2) is 14.1. The number of rotatable bonds is 15. The van der Waals surface area contributed by atoms with Crippen LogP contribution < -0.4 is 11.1 Å². The molecule has 2 heterocycles. The molecule has 0 aromatic carbocycles. The summed E-state index contributed by atoms with van der Waals surface area (Å²) in [5.74, 6) is -4.10. The van der Waals surface area contributed by atoms with Gasteiger partial charge >= 0.3 is 0 Å². The van der Waals surface area contributed by atoms with Gasteiger partial charge in [0, 0.05) is 69.9 Å². The summed E-state index contributed by atoms with van der Waals surface area (Å²) in [6, 6.07) is -1.38. The molecule has 2 spiro atoms. The number of Topliss-reactive ketones (excluding diaryl/α,β-unsaturated/α-hetero) is 2. The number of ketones is 2. The van der Waals surface area contributed by atoms with Crippen molar-refractivity contribution in [1.82, 2.24) is 18.8 Å². The van der Waals surface area contributed by atoms with Gasteiger partial charge in [-0.15, -0.1) is 0 Å². The third-order valence-electron chi connectivity index (χ3n) is 13.3. The summed E-state index contributed by atoms with van der Waals surface area (Å²) in [5, 5.41) is 3.03. The number of carbonyl (C=O) groups excluding carboxylic acids is 5. The molecule has 51 heavy (non-hydrogen) atoms. The van der Waals surface area contributed by atoms with E-state index in [1.807, 2.05) is 41.5 Å². The van der Waals surface area contributed by atoms with Gasteiger partial charge in [0.1, 0.15) is 0 Å². The standard InChI is InChI=1S/C37H63N5O8S/c1-33(2,3)25(17-29(44)39-28(34(4,5)6)19-41(11)51(48,49)40(9)10)32(47)42-20-36(35(7,8)37(36)21-50-22-37)18-26(42)27(43)16-24(30(45)31(38)46)15-23-13-12-14-23/h23-26,28H,12-22H2,1-11H3,(H2,38,46)(H,39,44)/t24-,25-,26+,28-,36-/m1/s1. The van der Waals surface area contributed by atoms with Crippen LogP contribution in [0, 0.1) is 44.8 Å². The van der Waals surface area contributed by atoms with E-state index in [1.54, 1.807) is 4.90 Å². The van der Waals surface area contributed by atoms with Gasteiger partial charge in [-0.2, -0.15) is 17.0 Å². The Hall–Kier alpha value is -2.42. The predicted molar refractivity (Wildman–Crippen MR) is 193 cm³/mol. The van der Waals surface area contributed by atoms with Gasteiger partial charge in [0.15, 0.2) is 5.78 Å². The van der Waals surface area contributed by atoms with Crippen molar-refractivity contribution in [2.24, 2.45) is 50.6 Å². The molecule has 3 amide bonds. The second-order valence-electron chi connectivity index (χ2n) is 18.8. The maximum Gasteiger partial charge on any atom is 0.285 e. The summed E-state index contributed by atoms with van der Waals surface area (Å²) in [6.07, 6.45) is 3.46. The van der Waals surface area contributed by atoms with E-state index in [1.165, 1.54) is 25.4 Å². The van der Waals surface area contributed by atoms with Crippen molar-refractivity contribution in [1.29, 1.82) is 0 Å². The Labute approximate surface area is 305 Å². The van der Waals surface area contributed by atoms with Crippen LogP contribution in [0.25, 0.3) is 0 Å². The number of ether oxygens (including phenoxy) is 1. The monoisotopic (exact) mass is 737 g/mol. The fourth-order valence-corrected chi connectivity index (χ4v) is 9.88. The highest BCUT2D eigenvalue weighted by Crippen LogP contribution is 2.84. The van der Waals surface area contributed by atoms with E-state index in [4.69, 9.17) is 10.5 Å². The molecule has 0 aromatic rings. The van der Waals surface area contributed by atoms with Crippen LogP contribution in [-0.4, -0.2) is 111 Å². The number of hydrogen-bond donors (Lipinski definition) is 2. The highest BCUT2D eigenvalue weighted by Gasteiger charge is 2.86. The van der Waals surface area contributed by atoms with Crippen molar-refractivity contribution >= 4 is 39.5 Å². The zero-order valence-electron chi connectivity index (χ0n) is 32.8. The Bertz CT molecular complexity index is 1500. The van der Waals surface area contributed by atoms with Crippen molar-refractivity contribution in [3.8, 4) is 0 Å². The van der Waals surface area contributed by atoms with Crippen LogP contribution in [0.1, 0.15) is 100 Å². The molecule has 4 rings (SSSR count). The first kappa shape index (κ1) is 41.3. The summed E-state index contributed by atoms with van der Waals surface area (Å²) < 4.78 is 33.6. The normalized spacial score (nSPS) is 26.1. The number of fused-ring (bicyclic) bond motifs is 1. The molecule has 14 heteroatoms. The Balaban J connectivity index is 1.61. The summed E-state index contributed by atoms with van der Waals surface area (Å²) in [6.45, 7) is 17.2. The smallest absolute Gasteiger partial charge is 0.285 e. The van der Waals surface area contributed by atoms with Gasteiger partial charge in [-0.1, -0.05) is 74.7 Å². The fraction of sp³-hybridized carbons (Fsp3) is 0.865. The highest BCUT2D eigenvalue weighted by atomic mass is 32.2. The molecule has 0 radical (unpaired) electrons. The minimum atomic E-state index is -3.73. The molecule has 4 fully saturated rings. The number of primary amides is 1. The SMILES string of the molecule is CN(C)S(=O)(=O)N(C)C[C@@H](NC(=O)C[C@H](C(=O)N1C[C@]2(C[C@H]1C(=O)C[C@@H](CC1CCC1)C(=O)C(N)=O)C(C)(C)C21COC1)C(C)(C)C)C(C)(C)C. The molecule has 0 aromatic heterocycles. The number of likely N-dealkylation sites (tertiary alicyclic amines) is 1. The molecule has 290 valence electrons. The van der Waals surface area contributed by atoms with Gasteiger partial charge in [-0.25, -0.2) is 0 Å². The Morgan fingerprint density at radius 3 is 1.94 bits per heavy atom. The lowest BCUT2D eigenvalue weighted by Crippen LogP contribution is -2.54. The zero-order valence-corrected chi connectivity index (χ0v) is 33.6. The van der Waals surface area contributed by atoms with Gasteiger partial charge in [0.2, 0.25) is 17.6 Å². The molecule has 0 unspecified atom stereocenters. The van der Waals surface area contributed by atoms with E-state index in [9.17, 15) is 32.4 Å². The molecule has 2 saturated heterocycles. The summed E-state index contributed by atoms with van der Waals surface area (Å²) in [4.78, 5) is 69.7. The first-order valence-corrected chi connectivity index (χ1v) is 19.8. The van der Waals surface area contributed by atoms with Gasteiger partial charge in [0.05, 0.1) is 25.2 Å². The van der Waals surface area contributed by atoms with E-state index >= 15 is 0 Å². The van der Waals surface area contributed by atoms with E-state index in [-0.39, 0.29) is 59.1 Å². The van der Waals surface area contributed by atoms with Crippen LogP contribution in [0.5, 0.6) is 0 Å². The topological polar surface area (TPSA) is 176 Å². The number of nitrogens with one attached hydrogen (secondary N) is 1. The van der Waals surface area contributed by atoms with Crippen LogP contribution in [0.2, 0.25) is 0 Å². The number of amides is 3. The maximum absolute atomic E-state index is 14.8. The average molecular weight is 738 g/mol. The lowest BCUT2D eigenvalue weighted by atomic mass is 9.75. The molecule has 2 saturated carbocycles. The number of nitrogens with zero attached hydrogens (tertiary/aromatic N) is 3. The Morgan fingerprint density at radius 2 is 1.53 bits per heavy atom. The van der Waals surface area contributed by atoms with Crippen LogP contribution in [0.15, 0.2) is 0 Å². The number of likely N-dealkylation sites (N-methyl/N-ethyl adjacent to an activating group) is 1. The molecular weight excluding hydrogens is 675 g/mol. The van der Waals surface area contributed by atoms with Crippen molar-refractivity contribution < 1.29 is 37.1 Å². The number of nitrogens with two attached hydrogens (primary N) is 1. The van der Waals surface area contributed by atoms with Crippen molar-refractivity contribution in [2.75, 3.05) is 47.4 Å². The van der Waals surface area contributed by atoms with Crippen LogP contribution in [0.3, 0.4) is 0 Å². The minimum Gasteiger partial charge on any atom is -0.380 e. The average Bonchev–Trinajstić information content (AvgIpc) is 3.18. The summed E-state index contributed by atoms with van der Waals surface area (Å²) >= 11 is 0. The van der Waals surface area contributed by atoms with E-state index < -0.39 is 56.6 Å². The quantitative estimate of drug-likeness (QED) is 0.241. The predicted octanol–water partition coefficient (Wildman–Crippen LogP) is 2.77. The lowest BCUT2D eigenvalue weighted by Gasteiger charge is -2.37. The molecule has 2 aliphatic carbocycles. The molecule has 2 aliphatic heterocycles. The largest absolute Gasteiger partial charge is 0.380 e. The lowest BCUT2D eigenvalue weighted by molar-refractivity contribution is -0.147. The molecule has 0 bridgehead atoms. The number of hydrogen-bond acceptors (Lipinski definition) is 8. The first-order chi connectivity index (χ1) is 23.2. The third-order valence-corrected chi connectivity index (χ3v) is 15.1. The van der Waals surface area contributed by atoms with E-state index in [0.717, 1.165) is 23.6 Å². The van der Waals surface area contributed by atoms with Gasteiger partial charge < -0.3 is 20.7 Å². The van der Waals surface area contributed by atoms with Crippen LogP contribution >= 0.6 is 0 Å². The Morgan fingerprint density at radius 1 is 0.941 bits per heavy atom. The van der Waals surface area contributed by atoms with Gasteiger partial charge in [-0.05, 0) is 35.0 Å². The van der Waals surface area contributed by atoms with Gasteiger partial charge in [-0.3, -0.25) is 24.0 Å². The minimum absolute atomic E-state index is 0.0282. The van der Waals surface area contributed by atoms with Crippen LogP contribution in [0.4, 0.5) is 0 Å². The molecular formula is C37H63N5O8S. The molecule has 13 nitrogen and oxygen atoms in total. The third kappa shape index (κ3) is 7.53. The Kier molecular flexibility index (Phi) is 11.4. The maximum atomic E-state index is 14.8. The van der Waals surface area contributed by atoms with Crippen molar-refractivity contribution in [2.45, 2.75) is 112 Å². The fourth-order valence-electron chi connectivity index (χ4n) is 8.99. The molecule has 4 aliphatic rings. The van der Waals surface area contributed by atoms with Crippen molar-refractivity contribution in [3.05, 3.63) is 0 Å².